The van der Waals surface area contributed by atoms with Crippen LogP contribution in [0.3, 0.4) is 0 Å². The lowest BCUT2D eigenvalue weighted by atomic mass is 10.1. The smallest absolute Gasteiger partial charge is 0.305 e. The van der Waals surface area contributed by atoms with Gasteiger partial charge >= 0.3 is 5.69 Å². The highest BCUT2D eigenvalue weighted by Gasteiger charge is 2.32. The molecule has 1 aromatic carbocycles. The fourth-order valence-corrected chi connectivity index (χ4v) is 2.19. The Labute approximate surface area is 120 Å². The molecule has 0 aromatic heterocycles. The van der Waals surface area contributed by atoms with E-state index < -0.39 is 33.7 Å². The standard InChI is InChI=1S/C14H16F2N2O3/c1-2-7-17(8-9-3-4-9)14(19)12-10(15)5-6-11(13(12)16)18(20)21/h5-6,9H,2-4,7-8H2,1H3. The van der Waals surface area contributed by atoms with Crippen LogP contribution in [-0.4, -0.2) is 28.8 Å². The van der Waals surface area contributed by atoms with E-state index in [0.717, 1.165) is 25.0 Å². The van der Waals surface area contributed by atoms with Gasteiger partial charge in [0, 0.05) is 19.2 Å². The first-order valence-electron chi connectivity index (χ1n) is 6.87. The minimum absolute atomic E-state index is 0.366. The van der Waals surface area contributed by atoms with Crippen LogP contribution in [-0.2, 0) is 0 Å². The number of hydrogen-bond donors (Lipinski definition) is 0. The molecule has 1 amide bonds. The van der Waals surface area contributed by atoms with Crippen molar-refractivity contribution >= 4 is 11.6 Å². The number of nitro benzene ring substituents is 1. The number of hydrogen-bond acceptors (Lipinski definition) is 3. The van der Waals surface area contributed by atoms with Crippen LogP contribution in [0.5, 0.6) is 0 Å². The number of nitrogens with zero attached hydrogens (tertiary/aromatic N) is 2. The van der Waals surface area contributed by atoms with Crippen LogP contribution in [0.4, 0.5) is 14.5 Å². The second-order valence-electron chi connectivity index (χ2n) is 5.21. The summed E-state index contributed by atoms with van der Waals surface area (Å²) in [5.74, 6) is -2.92. The number of carbonyl (C=O) groups excluding carboxylic acids is 1. The molecule has 0 aliphatic heterocycles. The Balaban J connectivity index is 2.35. The zero-order valence-electron chi connectivity index (χ0n) is 11.6. The van der Waals surface area contributed by atoms with Gasteiger partial charge in [-0.05, 0) is 31.2 Å². The van der Waals surface area contributed by atoms with Gasteiger partial charge in [-0.2, -0.15) is 4.39 Å². The molecule has 114 valence electrons. The van der Waals surface area contributed by atoms with Crippen molar-refractivity contribution in [1.82, 2.24) is 4.90 Å². The topological polar surface area (TPSA) is 63.5 Å². The normalized spacial score (nSPS) is 14.0. The molecule has 2 rings (SSSR count). The van der Waals surface area contributed by atoms with E-state index >= 15 is 0 Å². The van der Waals surface area contributed by atoms with Gasteiger partial charge in [0.2, 0.25) is 5.82 Å². The fourth-order valence-electron chi connectivity index (χ4n) is 2.19. The van der Waals surface area contributed by atoms with Crippen LogP contribution < -0.4 is 0 Å². The summed E-state index contributed by atoms with van der Waals surface area (Å²) in [6.45, 7) is 2.67. The summed E-state index contributed by atoms with van der Waals surface area (Å²) in [6, 6.07) is 1.49. The zero-order valence-corrected chi connectivity index (χ0v) is 11.6. The lowest BCUT2D eigenvalue weighted by Crippen LogP contribution is -2.35. The zero-order chi connectivity index (χ0) is 15.6. The van der Waals surface area contributed by atoms with E-state index in [-0.39, 0.29) is 0 Å². The molecule has 0 radical (unpaired) electrons. The summed E-state index contributed by atoms with van der Waals surface area (Å²) in [4.78, 5) is 23.5. The van der Waals surface area contributed by atoms with Crippen molar-refractivity contribution < 1.29 is 18.5 Å². The van der Waals surface area contributed by atoms with E-state index in [0.29, 0.717) is 25.4 Å². The molecule has 5 nitrogen and oxygen atoms in total. The minimum atomic E-state index is -1.40. The van der Waals surface area contributed by atoms with E-state index in [1.165, 1.54) is 4.90 Å². The lowest BCUT2D eigenvalue weighted by Gasteiger charge is -2.22. The quantitative estimate of drug-likeness (QED) is 0.598. The Bertz CT molecular complexity index is 574. The Morgan fingerprint density at radius 3 is 2.62 bits per heavy atom. The van der Waals surface area contributed by atoms with Gasteiger partial charge in [0.05, 0.1) is 4.92 Å². The largest absolute Gasteiger partial charge is 0.338 e. The third-order valence-electron chi connectivity index (χ3n) is 3.44. The molecular formula is C14H16F2N2O3. The molecule has 1 aliphatic carbocycles. The molecule has 0 saturated heterocycles. The highest BCUT2D eigenvalue weighted by atomic mass is 19.1. The van der Waals surface area contributed by atoms with E-state index in [9.17, 15) is 23.7 Å². The highest BCUT2D eigenvalue weighted by molar-refractivity contribution is 5.95. The van der Waals surface area contributed by atoms with Gasteiger partial charge in [0.1, 0.15) is 11.4 Å². The Kier molecular flexibility index (Phi) is 4.50. The predicted molar refractivity (Wildman–Crippen MR) is 71.9 cm³/mol. The van der Waals surface area contributed by atoms with Crippen LogP contribution in [0.1, 0.15) is 36.5 Å². The van der Waals surface area contributed by atoms with Crippen molar-refractivity contribution in [2.24, 2.45) is 5.92 Å². The van der Waals surface area contributed by atoms with Gasteiger partial charge in [0.15, 0.2) is 0 Å². The summed E-state index contributed by atoms with van der Waals surface area (Å²) in [7, 11) is 0. The van der Waals surface area contributed by atoms with Crippen LogP contribution in [0.25, 0.3) is 0 Å². The second kappa shape index (κ2) is 6.15. The van der Waals surface area contributed by atoms with Gasteiger partial charge in [-0.1, -0.05) is 6.92 Å². The molecule has 1 aromatic rings. The number of rotatable bonds is 6. The average molecular weight is 298 g/mol. The maximum atomic E-state index is 14.1. The van der Waals surface area contributed by atoms with Crippen molar-refractivity contribution in [3.63, 3.8) is 0 Å². The van der Waals surface area contributed by atoms with Crippen molar-refractivity contribution in [1.29, 1.82) is 0 Å². The number of benzene rings is 1. The van der Waals surface area contributed by atoms with Crippen LogP contribution in [0, 0.1) is 27.7 Å². The molecule has 0 N–H and O–H groups in total. The average Bonchev–Trinajstić information content (AvgIpc) is 3.21. The third-order valence-corrected chi connectivity index (χ3v) is 3.44. The summed E-state index contributed by atoms with van der Waals surface area (Å²) < 4.78 is 27.8. The van der Waals surface area contributed by atoms with Crippen LogP contribution in [0.2, 0.25) is 0 Å². The minimum Gasteiger partial charge on any atom is -0.338 e. The fraction of sp³-hybridized carbons (Fsp3) is 0.500. The van der Waals surface area contributed by atoms with E-state index in [4.69, 9.17) is 0 Å². The van der Waals surface area contributed by atoms with E-state index in [1.54, 1.807) is 0 Å². The second-order valence-corrected chi connectivity index (χ2v) is 5.21. The first kappa shape index (κ1) is 15.3. The molecule has 7 heteroatoms. The molecule has 0 atom stereocenters. The first-order valence-corrected chi connectivity index (χ1v) is 6.87. The Morgan fingerprint density at radius 1 is 1.43 bits per heavy atom. The molecule has 1 saturated carbocycles. The van der Waals surface area contributed by atoms with Gasteiger partial charge < -0.3 is 4.90 Å². The Morgan fingerprint density at radius 2 is 2.10 bits per heavy atom. The SMILES string of the molecule is CCCN(CC1CC1)C(=O)c1c(F)ccc([N+](=O)[O-])c1F. The molecule has 0 heterocycles. The van der Waals surface area contributed by atoms with E-state index in [2.05, 4.69) is 0 Å². The summed E-state index contributed by atoms with van der Waals surface area (Å²) in [5, 5.41) is 10.7. The van der Waals surface area contributed by atoms with E-state index in [1.807, 2.05) is 6.92 Å². The predicted octanol–water partition coefficient (Wildman–Crippen LogP) is 3.14. The van der Waals surface area contributed by atoms with Crippen molar-refractivity contribution in [2.75, 3.05) is 13.1 Å². The monoisotopic (exact) mass is 298 g/mol. The van der Waals surface area contributed by atoms with Crippen molar-refractivity contribution in [2.45, 2.75) is 26.2 Å². The number of carbonyl (C=O) groups is 1. The molecule has 0 spiro atoms. The number of nitro groups is 1. The molecular weight excluding hydrogens is 282 g/mol. The number of amides is 1. The first-order chi connectivity index (χ1) is 9.95. The van der Waals surface area contributed by atoms with Gasteiger partial charge in [0.25, 0.3) is 5.91 Å². The summed E-state index contributed by atoms with van der Waals surface area (Å²) >= 11 is 0. The summed E-state index contributed by atoms with van der Waals surface area (Å²) in [6.07, 6.45) is 2.64. The van der Waals surface area contributed by atoms with Crippen molar-refractivity contribution in [3.8, 4) is 0 Å². The molecule has 21 heavy (non-hydrogen) atoms. The number of halogens is 2. The van der Waals surface area contributed by atoms with Crippen LogP contribution in [0.15, 0.2) is 12.1 Å². The maximum absolute atomic E-state index is 14.1. The van der Waals surface area contributed by atoms with Gasteiger partial charge in [-0.15, -0.1) is 0 Å². The molecule has 0 unspecified atom stereocenters. The van der Waals surface area contributed by atoms with Crippen LogP contribution >= 0.6 is 0 Å². The molecule has 1 aliphatic rings. The van der Waals surface area contributed by atoms with Gasteiger partial charge in [-0.25, -0.2) is 4.39 Å². The highest BCUT2D eigenvalue weighted by Crippen LogP contribution is 2.31. The van der Waals surface area contributed by atoms with Gasteiger partial charge in [-0.3, -0.25) is 14.9 Å². The maximum Gasteiger partial charge on any atom is 0.305 e. The molecule has 1 fully saturated rings. The van der Waals surface area contributed by atoms with Crippen molar-refractivity contribution in [3.05, 3.63) is 39.4 Å². The third kappa shape index (κ3) is 3.34. The lowest BCUT2D eigenvalue weighted by molar-refractivity contribution is -0.387. The Hall–Kier alpha value is -2.05. The molecule has 0 bridgehead atoms. The summed E-state index contributed by atoms with van der Waals surface area (Å²) in [5.41, 5.74) is -1.72.